The van der Waals surface area contributed by atoms with Crippen LogP contribution >= 0.6 is 11.6 Å². The van der Waals surface area contributed by atoms with Crippen molar-refractivity contribution in [3.63, 3.8) is 0 Å². The van der Waals surface area contributed by atoms with E-state index in [0.717, 1.165) is 16.4 Å². The lowest BCUT2D eigenvalue weighted by atomic mass is 10.1. The standard InChI is InChI=1S/C14H19ClN4/c1-14(2,3)17-8-13-16-10-19(18-13)9-11-4-6-12(15)7-5-11/h4-7,10,17H,8-9H2,1-3H3. The second-order valence-corrected chi connectivity index (χ2v) is 6.02. The van der Waals surface area contributed by atoms with E-state index in [1.165, 1.54) is 0 Å². The highest BCUT2D eigenvalue weighted by Gasteiger charge is 2.10. The highest BCUT2D eigenvalue weighted by atomic mass is 35.5. The molecule has 0 atom stereocenters. The smallest absolute Gasteiger partial charge is 0.164 e. The third kappa shape index (κ3) is 4.65. The summed E-state index contributed by atoms with van der Waals surface area (Å²) in [5, 5.41) is 8.56. The van der Waals surface area contributed by atoms with Crippen molar-refractivity contribution < 1.29 is 0 Å². The van der Waals surface area contributed by atoms with Crippen molar-refractivity contribution in [3.8, 4) is 0 Å². The topological polar surface area (TPSA) is 42.7 Å². The molecular weight excluding hydrogens is 260 g/mol. The summed E-state index contributed by atoms with van der Waals surface area (Å²) in [5.41, 5.74) is 1.23. The number of aromatic nitrogens is 3. The number of rotatable bonds is 4. The Hall–Kier alpha value is -1.39. The fourth-order valence-electron chi connectivity index (χ4n) is 1.61. The van der Waals surface area contributed by atoms with Gasteiger partial charge in [0.05, 0.1) is 13.1 Å². The third-order valence-electron chi connectivity index (χ3n) is 2.62. The van der Waals surface area contributed by atoms with E-state index in [0.29, 0.717) is 13.1 Å². The van der Waals surface area contributed by atoms with Crippen LogP contribution in [0.2, 0.25) is 5.02 Å². The van der Waals surface area contributed by atoms with Gasteiger partial charge in [-0.15, -0.1) is 0 Å². The van der Waals surface area contributed by atoms with Crippen molar-refractivity contribution in [2.24, 2.45) is 0 Å². The molecule has 0 spiro atoms. The molecule has 0 radical (unpaired) electrons. The molecule has 5 heteroatoms. The lowest BCUT2D eigenvalue weighted by molar-refractivity contribution is 0.417. The van der Waals surface area contributed by atoms with Gasteiger partial charge < -0.3 is 5.32 Å². The Morgan fingerprint density at radius 3 is 2.53 bits per heavy atom. The molecule has 0 saturated carbocycles. The summed E-state index contributed by atoms with van der Waals surface area (Å²) in [5.74, 6) is 0.809. The van der Waals surface area contributed by atoms with Crippen LogP contribution in [0.1, 0.15) is 32.2 Å². The predicted molar refractivity (Wildman–Crippen MR) is 77.2 cm³/mol. The lowest BCUT2D eigenvalue weighted by Crippen LogP contribution is -2.35. The zero-order valence-electron chi connectivity index (χ0n) is 11.5. The molecule has 1 aromatic carbocycles. The van der Waals surface area contributed by atoms with Gasteiger partial charge in [-0.3, -0.25) is 0 Å². The summed E-state index contributed by atoms with van der Waals surface area (Å²) >= 11 is 5.86. The largest absolute Gasteiger partial charge is 0.305 e. The summed E-state index contributed by atoms with van der Waals surface area (Å²) < 4.78 is 1.84. The lowest BCUT2D eigenvalue weighted by Gasteiger charge is -2.19. The maximum Gasteiger partial charge on any atom is 0.164 e. The second kappa shape index (κ2) is 5.72. The van der Waals surface area contributed by atoms with Crippen molar-refractivity contribution in [1.29, 1.82) is 0 Å². The average molecular weight is 279 g/mol. The third-order valence-corrected chi connectivity index (χ3v) is 2.87. The molecule has 1 N–H and O–H groups in total. The summed E-state index contributed by atoms with van der Waals surface area (Å²) in [6.07, 6.45) is 1.76. The first-order valence-corrected chi connectivity index (χ1v) is 6.68. The summed E-state index contributed by atoms with van der Waals surface area (Å²) in [6, 6.07) is 7.76. The van der Waals surface area contributed by atoms with E-state index in [1.807, 2.05) is 28.9 Å². The van der Waals surface area contributed by atoms with E-state index in [2.05, 4.69) is 36.2 Å². The number of nitrogens with zero attached hydrogens (tertiary/aromatic N) is 3. The normalized spacial score (nSPS) is 11.8. The Balaban J connectivity index is 1.95. The Bertz CT molecular complexity index is 525. The van der Waals surface area contributed by atoms with Gasteiger partial charge in [0.25, 0.3) is 0 Å². The molecule has 0 amide bonds. The van der Waals surface area contributed by atoms with Gasteiger partial charge in [0.15, 0.2) is 5.82 Å². The number of benzene rings is 1. The van der Waals surface area contributed by atoms with E-state index >= 15 is 0 Å². The molecule has 0 aliphatic rings. The van der Waals surface area contributed by atoms with Crippen molar-refractivity contribution in [2.45, 2.75) is 39.4 Å². The maximum atomic E-state index is 5.86. The fraction of sp³-hybridized carbons (Fsp3) is 0.429. The van der Waals surface area contributed by atoms with Gasteiger partial charge in [0.2, 0.25) is 0 Å². The molecule has 1 aromatic heterocycles. The van der Waals surface area contributed by atoms with Crippen LogP contribution in [0.25, 0.3) is 0 Å². The SMILES string of the molecule is CC(C)(C)NCc1ncn(Cc2ccc(Cl)cc2)n1. The Morgan fingerprint density at radius 2 is 1.89 bits per heavy atom. The molecule has 2 rings (SSSR count). The first-order valence-electron chi connectivity index (χ1n) is 6.30. The Morgan fingerprint density at radius 1 is 1.21 bits per heavy atom. The molecule has 0 aliphatic carbocycles. The molecule has 0 saturated heterocycles. The van der Waals surface area contributed by atoms with Crippen LogP contribution in [0.3, 0.4) is 0 Å². The highest BCUT2D eigenvalue weighted by molar-refractivity contribution is 6.30. The van der Waals surface area contributed by atoms with Gasteiger partial charge in [-0.2, -0.15) is 5.10 Å². The zero-order valence-corrected chi connectivity index (χ0v) is 12.3. The van der Waals surface area contributed by atoms with E-state index in [4.69, 9.17) is 11.6 Å². The first-order chi connectivity index (χ1) is 8.92. The molecular formula is C14H19ClN4. The van der Waals surface area contributed by atoms with Crippen molar-refractivity contribution in [1.82, 2.24) is 20.1 Å². The van der Waals surface area contributed by atoms with Crippen LogP contribution in [0, 0.1) is 0 Å². The van der Waals surface area contributed by atoms with Crippen LogP contribution < -0.4 is 5.32 Å². The number of hydrogen-bond donors (Lipinski definition) is 1. The molecule has 0 aliphatic heterocycles. The number of hydrogen-bond acceptors (Lipinski definition) is 3. The molecule has 4 nitrogen and oxygen atoms in total. The molecule has 2 aromatic rings. The minimum Gasteiger partial charge on any atom is -0.305 e. The molecule has 0 unspecified atom stereocenters. The van der Waals surface area contributed by atoms with E-state index in [1.54, 1.807) is 6.33 Å². The molecule has 19 heavy (non-hydrogen) atoms. The van der Waals surface area contributed by atoms with E-state index in [9.17, 15) is 0 Å². The molecule has 102 valence electrons. The molecule has 0 bridgehead atoms. The quantitative estimate of drug-likeness (QED) is 0.935. The van der Waals surface area contributed by atoms with Crippen LogP contribution in [0.15, 0.2) is 30.6 Å². The minimum absolute atomic E-state index is 0.0711. The van der Waals surface area contributed by atoms with Crippen LogP contribution in [-0.4, -0.2) is 20.3 Å². The van der Waals surface area contributed by atoms with Gasteiger partial charge in [0.1, 0.15) is 6.33 Å². The van der Waals surface area contributed by atoms with Gasteiger partial charge in [-0.05, 0) is 38.5 Å². The van der Waals surface area contributed by atoms with Gasteiger partial charge in [0, 0.05) is 10.6 Å². The van der Waals surface area contributed by atoms with Gasteiger partial charge >= 0.3 is 0 Å². The Kier molecular flexibility index (Phi) is 4.22. The minimum atomic E-state index is 0.0711. The zero-order chi connectivity index (χ0) is 13.9. The van der Waals surface area contributed by atoms with Gasteiger partial charge in [-0.25, -0.2) is 9.67 Å². The monoisotopic (exact) mass is 278 g/mol. The van der Waals surface area contributed by atoms with Crippen molar-refractivity contribution in [3.05, 3.63) is 47.0 Å². The predicted octanol–water partition coefficient (Wildman–Crippen LogP) is 2.87. The van der Waals surface area contributed by atoms with E-state index < -0.39 is 0 Å². The van der Waals surface area contributed by atoms with Gasteiger partial charge in [-0.1, -0.05) is 23.7 Å². The fourth-order valence-corrected chi connectivity index (χ4v) is 1.74. The van der Waals surface area contributed by atoms with E-state index in [-0.39, 0.29) is 5.54 Å². The molecule has 0 fully saturated rings. The summed E-state index contributed by atoms with van der Waals surface area (Å²) in [6.45, 7) is 7.75. The van der Waals surface area contributed by atoms with Crippen LogP contribution in [0.5, 0.6) is 0 Å². The molecule has 1 heterocycles. The summed E-state index contributed by atoms with van der Waals surface area (Å²) in [4.78, 5) is 4.30. The highest BCUT2D eigenvalue weighted by Crippen LogP contribution is 2.10. The Labute approximate surface area is 118 Å². The average Bonchev–Trinajstić information content (AvgIpc) is 2.77. The van der Waals surface area contributed by atoms with Crippen molar-refractivity contribution >= 4 is 11.6 Å². The number of nitrogens with one attached hydrogen (secondary N) is 1. The number of halogens is 1. The first kappa shape index (κ1) is 14.0. The van der Waals surface area contributed by atoms with Crippen molar-refractivity contribution in [2.75, 3.05) is 0 Å². The summed E-state index contributed by atoms with van der Waals surface area (Å²) in [7, 11) is 0. The second-order valence-electron chi connectivity index (χ2n) is 5.59. The van der Waals surface area contributed by atoms with Crippen LogP contribution in [-0.2, 0) is 13.1 Å². The van der Waals surface area contributed by atoms with Crippen LogP contribution in [0.4, 0.5) is 0 Å². The maximum absolute atomic E-state index is 5.86.